The monoisotopic (exact) mass is 285 g/mol. The lowest BCUT2D eigenvalue weighted by Gasteiger charge is -2.11. The predicted molar refractivity (Wildman–Crippen MR) is 82.9 cm³/mol. The van der Waals surface area contributed by atoms with Gasteiger partial charge < -0.3 is 15.2 Å². The zero-order valence-electron chi connectivity index (χ0n) is 12.2. The largest absolute Gasteiger partial charge is 0.491 e. The minimum absolute atomic E-state index is 0.160. The normalized spacial score (nSPS) is 10.4. The molecular weight excluding hydrogens is 266 g/mol. The number of benzene rings is 2. The molecule has 2 N–H and O–H groups in total. The summed E-state index contributed by atoms with van der Waals surface area (Å²) in [4.78, 5) is 10.9. The Morgan fingerprint density at radius 2 is 1.90 bits per heavy atom. The second-order valence-electron chi connectivity index (χ2n) is 5.05. The molecule has 4 heteroatoms. The lowest BCUT2D eigenvalue weighted by Crippen LogP contribution is -2.06. The number of hydrogen-bond donors (Lipinski definition) is 2. The summed E-state index contributed by atoms with van der Waals surface area (Å²) in [6.07, 6.45) is 0.160. The fourth-order valence-corrected chi connectivity index (χ4v) is 1.92. The van der Waals surface area contributed by atoms with Crippen LogP contribution in [0.15, 0.2) is 48.5 Å². The molecule has 0 bridgehead atoms. The molecule has 110 valence electrons. The van der Waals surface area contributed by atoms with Crippen LogP contribution in [0.25, 0.3) is 0 Å². The number of ether oxygens (including phenoxy) is 1. The number of nitrogens with one attached hydrogen (secondary N) is 1. The van der Waals surface area contributed by atoms with Crippen molar-refractivity contribution in [3.63, 3.8) is 0 Å². The van der Waals surface area contributed by atoms with Crippen molar-refractivity contribution >= 4 is 11.7 Å². The molecular formula is C17H19NO3. The number of carboxylic acids is 1. The molecule has 0 amide bonds. The summed E-state index contributed by atoms with van der Waals surface area (Å²) >= 11 is 0. The van der Waals surface area contributed by atoms with Crippen LogP contribution in [0.4, 0.5) is 5.69 Å². The van der Waals surface area contributed by atoms with Crippen LogP contribution in [0.1, 0.15) is 29.8 Å². The van der Waals surface area contributed by atoms with E-state index in [1.54, 1.807) is 18.2 Å². The van der Waals surface area contributed by atoms with E-state index in [9.17, 15) is 4.79 Å². The smallest absolute Gasteiger partial charge is 0.335 e. The molecule has 0 saturated carbocycles. The predicted octanol–water partition coefficient (Wildman–Crippen LogP) is 3.78. The summed E-state index contributed by atoms with van der Waals surface area (Å²) < 4.78 is 5.59. The van der Waals surface area contributed by atoms with Crippen LogP contribution in [0, 0.1) is 0 Å². The highest BCUT2D eigenvalue weighted by Gasteiger charge is 2.03. The van der Waals surface area contributed by atoms with Gasteiger partial charge in [0.15, 0.2) is 0 Å². The molecule has 0 saturated heterocycles. The minimum Gasteiger partial charge on any atom is -0.491 e. The molecule has 2 aromatic rings. The van der Waals surface area contributed by atoms with Gasteiger partial charge in [0, 0.05) is 12.2 Å². The summed E-state index contributed by atoms with van der Waals surface area (Å²) in [6, 6.07) is 14.6. The summed E-state index contributed by atoms with van der Waals surface area (Å²) in [7, 11) is 0. The van der Waals surface area contributed by atoms with E-state index in [4.69, 9.17) is 9.84 Å². The van der Waals surface area contributed by atoms with Crippen molar-refractivity contribution in [1.29, 1.82) is 0 Å². The Bertz CT molecular complexity index is 606. The van der Waals surface area contributed by atoms with E-state index in [1.165, 1.54) is 0 Å². The number of hydrogen-bond acceptors (Lipinski definition) is 3. The molecule has 21 heavy (non-hydrogen) atoms. The fourth-order valence-electron chi connectivity index (χ4n) is 1.92. The molecule has 0 unspecified atom stereocenters. The molecule has 0 aliphatic carbocycles. The standard InChI is InChI=1S/C17H19NO3/c1-12(2)21-16-8-6-13(7-9-16)11-18-15-5-3-4-14(10-15)17(19)20/h3-10,12,18H,11H2,1-2H3,(H,19,20). The van der Waals surface area contributed by atoms with Gasteiger partial charge in [-0.05, 0) is 49.7 Å². The Morgan fingerprint density at radius 1 is 1.19 bits per heavy atom. The molecule has 0 aliphatic heterocycles. The fraction of sp³-hybridized carbons (Fsp3) is 0.235. The van der Waals surface area contributed by atoms with Crippen molar-refractivity contribution in [3.8, 4) is 5.75 Å². The van der Waals surface area contributed by atoms with Crippen LogP contribution < -0.4 is 10.1 Å². The summed E-state index contributed by atoms with van der Waals surface area (Å²) in [5.74, 6) is -0.0736. The Kier molecular flexibility index (Phi) is 4.82. The second kappa shape index (κ2) is 6.79. The molecule has 4 nitrogen and oxygen atoms in total. The topological polar surface area (TPSA) is 58.6 Å². The highest BCUT2D eigenvalue weighted by molar-refractivity contribution is 5.88. The van der Waals surface area contributed by atoms with Gasteiger partial charge in [-0.1, -0.05) is 18.2 Å². The highest BCUT2D eigenvalue weighted by atomic mass is 16.5. The van der Waals surface area contributed by atoms with Gasteiger partial charge >= 0.3 is 5.97 Å². The van der Waals surface area contributed by atoms with Gasteiger partial charge in [-0.3, -0.25) is 0 Å². The van der Waals surface area contributed by atoms with Crippen molar-refractivity contribution in [3.05, 3.63) is 59.7 Å². The summed E-state index contributed by atoms with van der Waals surface area (Å²) in [5, 5.41) is 12.2. The number of carboxylic acid groups (broad SMARTS) is 1. The number of anilines is 1. The molecule has 0 fully saturated rings. The number of aromatic carboxylic acids is 1. The van der Waals surface area contributed by atoms with E-state index >= 15 is 0 Å². The van der Waals surface area contributed by atoms with Gasteiger partial charge in [-0.15, -0.1) is 0 Å². The van der Waals surface area contributed by atoms with Crippen molar-refractivity contribution in [2.45, 2.75) is 26.5 Å². The first-order valence-electron chi connectivity index (χ1n) is 6.87. The first-order valence-corrected chi connectivity index (χ1v) is 6.87. The Balaban J connectivity index is 1.96. The van der Waals surface area contributed by atoms with Gasteiger partial charge in [0.1, 0.15) is 5.75 Å². The molecule has 0 heterocycles. The minimum atomic E-state index is -0.922. The van der Waals surface area contributed by atoms with Crippen molar-refractivity contribution in [1.82, 2.24) is 0 Å². The molecule has 0 aliphatic rings. The van der Waals surface area contributed by atoms with Crippen molar-refractivity contribution < 1.29 is 14.6 Å². The van der Waals surface area contributed by atoms with Crippen LogP contribution in [0.3, 0.4) is 0 Å². The average Bonchev–Trinajstić information content (AvgIpc) is 2.46. The van der Waals surface area contributed by atoms with Gasteiger partial charge in [0.25, 0.3) is 0 Å². The third-order valence-corrected chi connectivity index (χ3v) is 2.90. The molecule has 0 aromatic heterocycles. The van der Waals surface area contributed by atoms with Crippen LogP contribution in [0.5, 0.6) is 5.75 Å². The maximum absolute atomic E-state index is 10.9. The van der Waals surface area contributed by atoms with E-state index in [-0.39, 0.29) is 11.7 Å². The zero-order chi connectivity index (χ0) is 15.2. The SMILES string of the molecule is CC(C)Oc1ccc(CNc2cccc(C(=O)O)c2)cc1. The highest BCUT2D eigenvalue weighted by Crippen LogP contribution is 2.16. The molecule has 0 atom stereocenters. The van der Waals surface area contributed by atoms with Gasteiger partial charge in [0.2, 0.25) is 0 Å². The van der Waals surface area contributed by atoms with Crippen LogP contribution in [0.2, 0.25) is 0 Å². The molecule has 0 radical (unpaired) electrons. The van der Waals surface area contributed by atoms with E-state index < -0.39 is 5.97 Å². The maximum atomic E-state index is 10.9. The van der Waals surface area contributed by atoms with E-state index in [2.05, 4.69) is 5.32 Å². The number of carbonyl (C=O) groups is 1. The third-order valence-electron chi connectivity index (χ3n) is 2.90. The van der Waals surface area contributed by atoms with E-state index in [1.807, 2.05) is 44.2 Å². The second-order valence-corrected chi connectivity index (χ2v) is 5.05. The van der Waals surface area contributed by atoms with Crippen LogP contribution in [-0.4, -0.2) is 17.2 Å². The first-order chi connectivity index (χ1) is 10.0. The van der Waals surface area contributed by atoms with E-state index in [0.29, 0.717) is 6.54 Å². The molecule has 2 rings (SSSR count). The quantitative estimate of drug-likeness (QED) is 0.848. The van der Waals surface area contributed by atoms with Crippen LogP contribution in [-0.2, 0) is 6.54 Å². The molecule has 2 aromatic carbocycles. The van der Waals surface area contributed by atoms with E-state index in [0.717, 1.165) is 17.0 Å². The van der Waals surface area contributed by atoms with Crippen LogP contribution >= 0.6 is 0 Å². The lowest BCUT2D eigenvalue weighted by molar-refractivity contribution is 0.0697. The Labute approximate surface area is 124 Å². The van der Waals surface area contributed by atoms with Crippen molar-refractivity contribution in [2.75, 3.05) is 5.32 Å². The van der Waals surface area contributed by atoms with Gasteiger partial charge in [-0.25, -0.2) is 4.79 Å². The third kappa shape index (κ3) is 4.53. The summed E-state index contributed by atoms with van der Waals surface area (Å²) in [5.41, 5.74) is 2.17. The lowest BCUT2D eigenvalue weighted by atomic mass is 10.2. The van der Waals surface area contributed by atoms with Crippen molar-refractivity contribution in [2.24, 2.45) is 0 Å². The summed E-state index contributed by atoms with van der Waals surface area (Å²) in [6.45, 7) is 4.61. The first kappa shape index (κ1) is 14.9. The Morgan fingerprint density at radius 3 is 2.52 bits per heavy atom. The zero-order valence-corrected chi connectivity index (χ0v) is 12.2. The molecule has 0 spiro atoms. The van der Waals surface area contributed by atoms with Gasteiger partial charge in [-0.2, -0.15) is 0 Å². The Hall–Kier alpha value is -2.49. The number of rotatable bonds is 6. The maximum Gasteiger partial charge on any atom is 0.335 e. The average molecular weight is 285 g/mol. The van der Waals surface area contributed by atoms with Gasteiger partial charge in [0.05, 0.1) is 11.7 Å².